The molecule has 0 N–H and O–H groups in total. The van der Waals surface area contributed by atoms with Gasteiger partial charge in [0, 0.05) is 11.9 Å². The first kappa shape index (κ1) is 15.7. The van der Waals surface area contributed by atoms with Crippen LogP contribution in [-0.4, -0.2) is 41.9 Å². The first-order valence-corrected chi connectivity index (χ1v) is 7.10. The molecule has 0 aliphatic heterocycles. The summed E-state index contributed by atoms with van der Waals surface area (Å²) in [5, 5.41) is 5.47. The highest BCUT2D eigenvalue weighted by Gasteiger charge is 2.12. The van der Waals surface area contributed by atoms with Crippen molar-refractivity contribution in [1.29, 1.82) is 0 Å². The summed E-state index contributed by atoms with van der Waals surface area (Å²) in [6.07, 6.45) is 1.75. The molecule has 6 heteroatoms. The lowest BCUT2D eigenvalue weighted by Gasteiger charge is -2.09. The van der Waals surface area contributed by atoms with E-state index in [2.05, 4.69) is 14.7 Å². The number of aromatic nitrogens is 2. The number of hydrogen-bond acceptors (Lipinski definition) is 3. The number of aryl methyl sites for hydroxylation is 2. The van der Waals surface area contributed by atoms with E-state index >= 15 is 0 Å². The Morgan fingerprint density at radius 3 is 2.71 bits per heavy atom. The highest BCUT2D eigenvalue weighted by Crippen LogP contribution is 2.25. The number of rotatable bonds is 7. The lowest BCUT2D eigenvalue weighted by Crippen LogP contribution is -2.15. The highest BCUT2D eigenvalue weighted by molar-refractivity contribution is 5.83. The molecule has 0 fully saturated rings. The standard InChI is InChI=1S/C15H21F2N3O/c1-4-13-12-10-11(21-15(16)17)6-7-14(12)20(18-13)9-5-8-19(2)3/h6-7,10,15H,4-5,8-9H2,1-3H3. The van der Waals surface area contributed by atoms with Crippen LogP contribution in [0.5, 0.6) is 5.75 Å². The van der Waals surface area contributed by atoms with Crippen molar-refractivity contribution < 1.29 is 13.5 Å². The topological polar surface area (TPSA) is 30.3 Å². The van der Waals surface area contributed by atoms with E-state index < -0.39 is 6.61 Å². The largest absolute Gasteiger partial charge is 0.435 e. The molecule has 1 aromatic carbocycles. The molecule has 1 heterocycles. The Morgan fingerprint density at radius 2 is 2.10 bits per heavy atom. The van der Waals surface area contributed by atoms with Crippen molar-refractivity contribution in [3.8, 4) is 5.75 Å². The Hall–Kier alpha value is -1.69. The van der Waals surface area contributed by atoms with E-state index in [-0.39, 0.29) is 5.75 Å². The minimum Gasteiger partial charge on any atom is -0.435 e. The number of fused-ring (bicyclic) bond motifs is 1. The Kier molecular flexibility index (Phi) is 5.12. The van der Waals surface area contributed by atoms with Gasteiger partial charge in [-0.15, -0.1) is 0 Å². The van der Waals surface area contributed by atoms with E-state index in [9.17, 15) is 8.78 Å². The van der Waals surface area contributed by atoms with Crippen LogP contribution in [0.2, 0.25) is 0 Å². The van der Waals surface area contributed by atoms with Crippen LogP contribution in [0.3, 0.4) is 0 Å². The van der Waals surface area contributed by atoms with Crippen molar-refractivity contribution in [2.45, 2.75) is 32.9 Å². The summed E-state index contributed by atoms with van der Waals surface area (Å²) in [7, 11) is 4.07. The number of benzene rings is 1. The summed E-state index contributed by atoms with van der Waals surface area (Å²) >= 11 is 0. The minimum absolute atomic E-state index is 0.181. The number of ether oxygens (including phenoxy) is 1. The zero-order valence-electron chi connectivity index (χ0n) is 12.6. The molecule has 0 radical (unpaired) electrons. The number of alkyl halides is 2. The molecule has 0 bridgehead atoms. The van der Waals surface area contributed by atoms with Gasteiger partial charge in [0.15, 0.2) is 0 Å². The minimum atomic E-state index is -2.80. The van der Waals surface area contributed by atoms with Gasteiger partial charge in [-0.25, -0.2) is 0 Å². The predicted molar refractivity (Wildman–Crippen MR) is 78.9 cm³/mol. The maximum absolute atomic E-state index is 12.3. The quantitative estimate of drug-likeness (QED) is 0.786. The van der Waals surface area contributed by atoms with Crippen molar-refractivity contribution in [1.82, 2.24) is 14.7 Å². The average Bonchev–Trinajstić information content (AvgIpc) is 2.75. The molecule has 0 aliphatic carbocycles. The maximum Gasteiger partial charge on any atom is 0.387 e. The van der Waals surface area contributed by atoms with E-state index in [1.807, 2.05) is 25.7 Å². The van der Waals surface area contributed by atoms with E-state index in [0.717, 1.165) is 42.5 Å². The van der Waals surface area contributed by atoms with Crippen molar-refractivity contribution >= 4 is 10.9 Å². The molecule has 0 saturated heterocycles. The third-order valence-corrected chi connectivity index (χ3v) is 3.33. The van der Waals surface area contributed by atoms with Gasteiger partial charge in [0.05, 0.1) is 11.2 Å². The fourth-order valence-corrected chi connectivity index (χ4v) is 2.37. The van der Waals surface area contributed by atoms with Crippen molar-refractivity contribution in [2.75, 3.05) is 20.6 Å². The molecule has 1 aromatic heterocycles. The second-order valence-corrected chi connectivity index (χ2v) is 5.24. The third kappa shape index (κ3) is 3.91. The van der Waals surface area contributed by atoms with Crippen LogP contribution in [-0.2, 0) is 13.0 Å². The van der Waals surface area contributed by atoms with Gasteiger partial charge in [-0.1, -0.05) is 6.92 Å². The SMILES string of the molecule is CCc1nn(CCCN(C)C)c2ccc(OC(F)F)cc12. The molecular weight excluding hydrogens is 276 g/mol. The summed E-state index contributed by atoms with van der Waals surface area (Å²) in [5.74, 6) is 0.181. The van der Waals surface area contributed by atoms with E-state index in [0.29, 0.717) is 0 Å². The molecule has 2 rings (SSSR count). The molecule has 116 valence electrons. The number of halogens is 2. The first-order chi connectivity index (χ1) is 10.0. The molecule has 4 nitrogen and oxygen atoms in total. The van der Waals surface area contributed by atoms with Crippen LogP contribution in [0.1, 0.15) is 19.0 Å². The Morgan fingerprint density at radius 1 is 1.33 bits per heavy atom. The van der Waals surface area contributed by atoms with Gasteiger partial charge in [-0.2, -0.15) is 13.9 Å². The van der Waals surface area contributed by atoms with Crippen molar-refractivity contribution in [3.05, 3.63) is 23.9 Å². The van der Waals surface area contributed by atoms with E-state index in [1.54, 1.807) is 18.2 Å². The normalized spacial score (nSPS) is 11.8. The Balaban J connectivity index is 2.27. The average molecular weight is 297 g/mol. The van der Waals surface area contributed by atoms with Gasteiger partial charge in [0.25, 0.3) is 0 Å². The summed E-state index contributed by atoms with van der Waals surface area (Å²) < 4.78 is 31.0. The maximum atomic E-state index is 12.3. The van der Waals surface area contributed by atoms with E-state index in [4.69, 9.17) is 0 Å². The fraction of sp³-hybridized carbons (Fsp3) is 0.533. The highest BCUT2D eigenvalue weighted by atomic mass is 19.3. The van der Waals surface area contributed by atoms with Crippen LogP contribution >= 0.6 is 0 Å². The molecule has 0 unspecified atom stereocenters. The first-order valence-electron chi connectivity index (χ1n) is 7.10. The van der Waals surface area contributed by atoms with Gasteiger partial charge in [0.2, 0.25) is 0 Å². The van der Waals surface area contributed by atoms with Gasteiger partial charge >= 0.3 is 6.61 Å². The molecule has 21 heavy (non-hydrogen) atoms. The summed E-state index contributed by atoms with van der Waals surface area (Å²) in [4.78, 5) is 2.13. The Labute approximate surface area is 123 Å². The van der Waals surface area contributed by atoms with Gasteiger partial charge < -0.3 is 9.64 Å². The van der Waals surface area contributed by atoms with Crippen LogP contribution in [0.15, 0.2) is 18.2 Å². The van der Waals surface area contributed by atoms with Crippen LogP contribution < -0.4 is 4.74 Å². The molecule has 0 saturated carbocycles. The Bertz CT molecular complexity index is 596. The lowest BCUT2D eigenvalue weighted by molar-refractivity contribution is -0.0497. The molecule has 0 atom stereocenters. The predicted octanol–water partition coefficient (Wildman–Crippen LogP) is 3.15. The molecular formula is C15H21F2N3O. The summed E-state index contributed by atoms with van der Waals surface area (Å²) in [5.41, 5.74) is 1.88. The molecule has 0 aliphatic rings. The molecule has 2 aromatic rings. The van der Waals surface area contributed by atoms with Gasteiger partial charge in [0.1, 0.15) is 5.75 Å². The summed E-state index contributed by atoms with van der Waals surface area (Å²) in [6.45, 7) is 0.994. The fourth-order valence-electron chi connectivity index (χ4n) is 2.37. The van der Waals surface area contributed by atoms with Crippen LogP contribution in [0, 0.1) is 0 Å². The monoisotopic (exact) mass is 297 g/mol. The molecule has 0 spiro atoms. The van der Waals surface area contributed by atoms with Crippen LogP contribution in [0.4, 0.5) is 8.78 Å². The number of hydrogen-bond donors (Lipinski definition) is 0. The van der Waals surface area contributed by atoms with Crippen LogP contribution in [0.25, 0.3) is 10.9 Å². The zero-order chi connectivity index (χ0) is 15.4. The smallest absolute Gasteiger partial charge is 0.387 e. The second-order valence-electron chi connectivity index (χ2n) is 5.24. The lowest BCUT2D eigenvalue weighted by atomic mass is 10.1. The van der Waals surface area contributed by atoms with Crippen molar-refractivity contribution in [2.24, 2.45) is 0 Å². The van der Waals surface area contributed by atoms with E-state index in [1.165, 1.54) is 0 Å². The van der Waals surface area contributed by atoms with Crippen molar-refractivity contribution in [3.63, 3.8) is 0 Å². The second kappa shape index (κ2) is 6.85. The zero-order valence-corrected chi connectivity index (χ0v) is 12.6. The van der Waals surface area contributed by atoms with Gasteiger partial charge in [-0.05, 0) is 51.7 Å². The number of nitrogens with zero attached hydrogens (tertiary/aromatic N) is 3. The van der Waals surface area contributed by atoms with Gasteiger partial charge in [-0.3, -0.25) is 4.68 Å². The third-order valence-electron chi connectivity index (χ3n) is 3.33. The molecule has 0 amide bonds. The summed E-state index contributed by atoms with van der Waals surface area (Å²) in [6, 6.07) is 5.02.